The number of carbonyl (C=O) groups is 2. The van der Waals surface area contributed by atoms with Crippen LogP contribution in [0.4, 0.5) is 5.69 Å². The molecule has 0 aliphatic carbocycles. The number of hydrogen-bond donors (Lipinski definition) is 1. The molecule has 1 N–H and O–H groups in total. The van der Waals surface area contributed by atoms with Crippen molar-refractivity contribution in [3.05, 3.63) is 66.2 Å². The highest BCUT2D eigenvalue weighted by molar-refractivity contribution is 6.04. The third-order valence-corrected chi connectivity index (χ3v) is 5.75. The summed E-state index contributed by atoms with van der Waals surface area (Å²) in [5.41, 5.74) is 1.93. The topological polar surface area (TPSA) is 108 Å². The van der Waals surface area contributed by atoms with Crippen molar-refractivity contribution in [1.82, 2.24) is 19.7 Å². The Kier molecular flexibility index (Phi) is 6.39. The van der Waals surface area contributed by atoms with Crippen molar-refractivity contribution in [3.63, 3.8) is 0 Å². The molecule has 1 atom stereocenters. The molecule has 176 valence electrons. The maximum Gasteiger partial charge on any atom is 0.255 e. The molecule has 0 unspecified atom stereocenters. The van der Waals surface area contributed by atoms with Gasteiger partial charge in [-0.15, -0.1) is 0 Å². The van der Waals surface area contributed by atoms with Crippen molar-refractivity contribution >= 4 is 17.5 Å². The van der Waals surface area contributed by atoms with Crippen LogP contribution in [0.25, 0.3) is 0 Å². The molecular weight excluding hydrogens is 438 g/mol. The number of aromatic nitrogens is 3. The average Bonchev–Trinajstić information content (AvgIpc) is 3.61. The van der Waals surface area contributed by atoms with Gasteiger partial charge in [-0.25, -0.2) is 0 Å². The summed E-state index contributed by atoms with van der Waals surface area (Å²) in [5.74, 6) is 0.766. The minimum Gasteiger partial charge on any atom is -0.454 e. The molecule has 1 fully saturated rings. The molecular formula is C24H25N5O5. The summed E-state index contributed by atoms with van der Waals surface area (Å²) in [6.07, 6.45) is 8.58. The molecule has 4 heterocycles. The van der Waals surface area contributed by atoms with Gasteiger partial charge in [0.15, 0.2) is 11.5 Å². The van der Waals surface area contributed by atoms with Crippen LogP contribution in [0.5, 0.6) is 11.5 Å². The van der Waals surface area contributed by atoms with Crippen LogP contribution in [0.15, 0.2) is 55.1 Å². The van der Waals surface area contributed by atoms with Crippen molar-refractivity contribution in [2.45, 2.75) is 32.0 Å². The lowest BCUT2D eigenvalue weighted by Gasteiger charge is -2.25. The van der Waals surface area contributed by atoms with E-state index in [0.717, 1.165) is 25.0 Å². The van der Waals surface area contributed by atoms with Gasteiger partial charge in [0.05, 0.1) is 18.0 Å². The smallest absolute Gasteiger partial charge is 0.255 e. The average molecular weight is 463 g/mol. The van der Waals surface area contributed by atoms with E-state index in [9.17, 15) is 9.59 Å². The second-order valence-electron chi connectivity index (χ2n) is 8.21. The Bertz CT molecular complexity index is 1160. The number of benzene rings is 1. The Morgan fingerprint density at radius 3 is 2.82 bits per heavy atom. The van der Waals surface area contributed by atoms with E-state index in [1.165, 1.54) is 10.9 Å². The lowest BCUT2D eigenvalue weighted by molar-refractivity contribution is -0.134. The number of fused-ring (bicyclic) bond motifs is 1. The summed E-state index contributed by atoms with van der Waals surface area (Å²) in [6.45, 7) is 1.92. The van der Waals surface area contributed by atoms with Gasteiger partial charge in [0.2, 0.25) is 12.7 Å². The Labute approximate surface area is 196 Å². The molecule has 2 amide bonds. The van der Waals surface area contributed by atoms with E-state index in [-0.39, 0.29) is 31.3 Å². The highest BCUT2D eigenvalue weighted by Gasteiger charge is 2.23. The zero-order valence-corrected chi connectivity index (χ0v) is 18.6. The summed E-state index contributed by atoms with van der Waals surface area (Å²) < 4.78 is 17.9. The number of nitrogens with one attached hydrogen (secondary N) is 1. The molecule has 2 aliphatic heterocycles. The van der Waals surface area contributed by atoms with E-state index in [0.29, 0.717) is 35.8 Å². The van der Waals surface area contributed by atoms with Crippen molar-refractivity contribution in [2.75, 3.05) is 25.3 Å². The van der Waals surface area contributed by atoms with Crippen molar-refractivity contribution in [2.24, 2.45) is 0 Å². The van der Waals surface area contributed by atoms with Gasteiger partial charge in [0, 0.05) is 43.9 Å². The molecule has 0 saturated carbocycles. The minimum absolute atomic E-state index is 0.0416. The van der Waals surface area contributed by atoms with E-state index < -0.39 is 0 Å². The maximum atomic E-state index is 13.1. The fourth-order valence-corrected chi connectivity index (χ4v) is 3.99. The number of hydrogen-bond acceptors (Lipinski definition) is 7. The first-order valence-corrected chi connectivity index (χ1v) is 11.2. The van der Waals surface area contributed by atoms with Crippen LogP contribution in [-0.4, -0.2) is 57.5 Å². The van der Waals surface area contributed by atoms with Gasteiger partial charge < -0.3 is 24.4 Å². The standard InChI is InChI=1S/C24H25N5O5/c30-23(28(14-20-2-1-9-32-20)12-17-5-7-25-8-6-17)15-29-13-19(11-26-29)27-24(31)18-3-4-21-22(10-18)34-16-33-21/h3-8,10-11,13,20H,1-2,9,12,14-16H2,(H,27,31)/t20-/m1/s1. The Hall–Kier alpha value is -3.92. The number of nitrogens with zero attached hydrogens (tertiary/aromatic N) is 4. The molecule has 0 radical (unpaired) electrons. The zero-order valence-electron chi connectivity index (χ0n) is 18.6. The molecule has 0 bridgehead atoms. The van der Waals surface area contributed by atoms with E-state index in [1.807, 2.05) is 12.1 Å². The van der Waals surface area contributed by atoms with Gasteiger partial charge in [-0.2, -0.15) is 5.10 Å². The second-order valence-corrected chi connectivity index (χ2v) is 8.21. The number of rotatable bonds is 8. The highest BCUT2D eigenvalue weighted by atomic mass is 16.7. The quantitative estimate of drug-likeness (QED) is 0.547. The van der Waals surface area contributed by atoms with Gasteiger partial charge in [-0.05, 0) is 48.7 Å². The Morgan fingerprint density at radius 1 is 1.15 bits per heavy atom. The summed E-state index contributed by atoms with van der Waals surface area (Å²) in [4.78, 5) is 31.6. The number of ether oxygens (including phenoxy) is 3. The van der Waals surface area contributed by atoms with Crippen LogP contribution in [0.1, 0.15) is 28.8 Å². The van der Waals surface area contributed by atoms with E-state index in [1.54, 1.807) is 41.7 Å². The lowest BCUT2D eigenvalue weighted by Crippen LogP contribution is -2.39. The maximum absolute atomic E-state index is 13.1. The third kappa shape index (κ3) is 5.18. The van der Waals surface area contributed by atoms with Crippen LogP contribution < -0.4 is 14.8 Å². The fourth-order valence-electron chi connectivity index (χ4n) is 3.99. The first-order valence-electron chi connectivity index (χ1n) is 11.2. The lowest BCUT2D eigenvalue weighted by atomic mass is 10.2. The Balaban J connectivity index is 1.22. The highest BCUT2D eigenvalue weighted by Crippen LogP contribution is 2.32. The summed E-state index contributed by atoms with van der Waals surface area (Å²) >= 11 is 0. The summed E-state index contributed by atoms with van der Waals surface area (Å²) in [5, 5.41) is 7.05. The molecule has 10 heteroatoms. The molecule has 3 aromatic rings. The molecule has 1 saturated heterocycles. The summed E-state index contributed by atoms with van der Waals surface area (Å²) in [6, 6.07) is 8.79. The predicted molar refractivity (Wildman–Crippen MR) is 121 cm³/mol. The monoisotopic (exact) mass is 463 g/mol. The second kappa shape index (κ2) is 9.92. The number of amides is 2. The largest absolute Gasteiger partial charge is 0.454 e. The predicted octanol–water partition coefficient (Wildman–Crippen LogP) is 2.47. The van der Waals surface area contributed by atoms with E-state index in [4.69, 9.17) is 14.2 Å². The van der Waals surface area contributed by atoms with Crippen molar-refractivity contribution < 1.29 is 23.8 Å². The number of pyridine rings is 1. The minimum atomic E-state index is -0.304. The van der Waals surface area contributed by atoms with Gasteiger partial charge in [0.1, 0.15) is 6.54 Å². The number of carbonyl (C=O) groups excluding carboxylic acids is 2. The third-order valence-electron chi connectivity index (χ3n) is 5.75. The Morgan fingerprint density at radius 2 is 2.00 bits per heavy atom. The molecule has 1 aromatic carbocycles. The fraction of sp³-hybridized carbons (Fsp3) is 0.333. The molecule has 34 heavy (non-hydrogen) atoms. The summed E-state index contributed by atoms with van der Waals surface area (Å²) in [7, 11) is 0. The van der Waals surface area contributed by atoms with Gasteiger partial charge >= 0.3 is 0 Å². The van der Waals surface area contributed by atoms with Crippen LogP contribution in [0.2, 0.25) is 0 Å². The van der Waals surface area contributed by atoms with Crippen LogP contribution in [0.3, 0.4) is 0 Å². The van der Waals surface area contributed by atoms with Crippen molar-refractivity contribution in [3.8, 4) is 11.5 Å². The molecule has 5 rings (SSSR count). The zero-order chi connectivity index (χ0) is 23.3. The first-order chi connectivity index (χ1) is 16.6. The number of anilines is 1. The van der Waals surface area contributed by atoms with Gasteiger partial charge in [-0.3, -0.25) is 19.3 Å². The molecule has 2 aromatic heterocycles. The van der Waals surface area contributed by atoms with Crippen LogP contribution >= 0.6 is 0 Å². The van der Waals surface area contributed by atoms with Gasteiger partial charge in [0.25, 0.3) is 5.91 Å². The van der Waals surface area contributed by atoms with Crippen molar-refractivity contribution in [1.29, 1.82) is 0 Å². The van der Waals surface area contributed by atoms with E-state index in [2.05, 4.69) is 15.4 Å². The molecule has 0 spiro atoms. The molecule has 10 nitrogen and oxygen atoms in total. The van der Waals surface area contributed by atoms with E-state index >= 15 is 0 Å². The van der Waals surface area contributed by atoms with Crippen LogP contribution in [-0.2, 0) is 22.6 Å². The molecule has 2 aliphatic rings. The van der Waals surface area contributed by atoms with Crippen LogP contribution in [0, 0.1) is 0 Å². The normalized spacial score (nSPS) is 16.4. The first kappa shape index (κ1) is 21.9. The SMILES string of the molecule is O=C(Nc1cnn(CC(=O)N(Cc2ccncc2)C[C@H]2CCCO2)c1)c1ccc2c(c1)OCO2. The van der Waals surface area contributed by atoms with Gasteiger partial charge in [-0.1, -0.05) is 0 Å².